The average molecular weight is 276 g/mol. The van der Waals surface area contributed by atoms with Crippen molar-refractivity contribution in [2.24, 2.45) is 17.8 Å². The largest absolute Gasteiger partial charge is 0.493 e. The topological polar surface area (TPSA) is 44.1 Å². The van der Waals surface area contributed by atoms with E-state index in [1.54, 1.807) is 18.0 Å². The highest BCUT2D eigenvalue weighted by Crippen LogP contribution is 2.50. The molecule has 4 nitrogen and oxygen atoms in total. The van der Waals surface area contributed by atoms with E-state index in [1.165, 1.54) is 25.7 Å². The predicted octanol–water partition coefficient (Wildman–Crippen LogP) is 3.48. The van der Waals surface area contributed by atoms with Gasteiger partial charge in [0.1, 0.15) is 5.69 Å². The molecule has 110 valence electrons. The number of fused-ring (bicyclic) bond motifs is 2. The summed E-state index contributed by atoms with van der Waals surface area (Å²) < 4.78 is 7.12. The van der Waals surface area contributed by atoms with Crippen LogP contribution in [0.2, 0.25) is 0 Å². The molecule has 20 heavy (non-hydrogen) atoms. The molecule has 3 rings (SSSR count). The second-order valence-electron chi connectivity index (χ2n) is 6.66. The monoisotopic (exact) mass is 276 g/mol. The summed E-state index contributed by atoms with van der Waals surface area (Å²) in [6, 6.07) is 0.179. The molecule has 1 heterocycles. The van der Waals surface area contributed by atoms with Gasteiger partial charge in [-0.25, -0.2) is 0 Å². The molecule has 1 aromatic heterocycles. The summed E-state index contributed by atoms with van der Waals surface area (Å²) >= 11 is 0. The number of Topliss-reactive ketones (excluding diaryl/α,β-unsaturated/α-hetero) is 1. The maximum Gasteiger partial charge on any atom is 0.184 e. The van der Waals surface area contributed by atoms with Crippen molar-refractivity contribution in [3.05, 3.63) is 11.9 Å². The minimum Gasteiger partial charge on any atom is -0.493 e. The van der Waals surface area contributed by atoms with Gasteiger partial charge in [-0.1, -0.05) is 6.42 Å². The number of carbonyl (C=O) groups excluding carboxylic acids is 1. The Balaban J connectivity index is 1.78. The lowest BCUT2D eigenvalue weighted by atomic mass is 9.85. The van der Waals surface area contributed by atoms with Crippen molar-refractivity contribution in [3.8, 4) is 5.75 Å². The summed E-state index contributed by atoms with van der Waals surface area (Å²) in [4.78, 5) is 12.7. The van der Waals surface area contributed by atoms with E-state index in [0.29, 0.717) is 23.8 Å². The third-order valence-electron chi connectivity index (χ3n) is 5.07. The molecular formula is C16H24N2O2. The molecule has 2 fully saturated rings. The molecule has 0 spiro atoms. The van der Waals surface area contributed by atoms with Gasteiger partial charge in [0.25, 0.3) is 0 Å². The number of rotatable bonds is 5. The number of hydrogen-bond donors (Lipinski definition) is 0. The second kappa shape index (κ2) is 5.23. The molecular weight excluding hydrogens is 252 g/mol. The zero-order valence-corrected chi connectivity index (χ0v) is 12.6. The summed E-state index contributed by atoms with van der Waals surface area (Å²) in [7, 11) is 1.61. The Morgan fingerprint density at radius 2 is 2.25 bits per heavy atom. The molecule has 0 N–H and O–H groups in total. The van der Waals surface area contributed by atoms with E-state index in [9.17, 15) is 4.79 Å². The lowest BCUT2D eigenvalue weighted by Crippen LogP contribution is -2.19. The van der Waals surface area contributed by atoms with Crippen LogP contribution in [0.1, 0.15) is 62.5 Å². The number of methoxy groups -OCH3 is 1. The maximum atomic E-state index is 12.7. The summed E-state index contributed by atoms with van der Waals surface area (Å²) in [5, 5.41) is 4.30. The Labute approximate surface area is 120 Å². The van der Waals surface area contributed by atoms with Gasteiger partial charge in [-0.15, -0.1) is 0 Å². The Morgan fingerprint density at radius 3 is 2.80 bits per heavy atom. The van der Waals surface area contributed by atoms with E-state index in [2.05, 4.69) is 5.10 Å². The van der Waals surface area contributed by atoms with Crippen LogP contribution < -0.4 is 4.74 Å². The smallest absolute Gasteiger partial charge is 0.184 e. The fourth-order valence-electron chi connectivity index (χ4n) is 4.11. The van der Waals surface area contributed by atoms with E-state index in [0.717, 1.165) is 11.8 Å². The average Bonchev–Trinajstić information content (AvgIpc) is 3.12. The molecule has 3 atom stereocenters. The minimum absolute atomic E-state index is 0.179. The fourth-order valence-corrected chi connectivity index (χ4v) is 4.11. The van der Waals surface area contributed by atoms with Crippen molar-refractivity contribution in [1.29, 1.82) is 0 Å². The number of aromatic nitrogens is 2. The Hall–Kier alpha value is -1.32. The lowest BCUT2D eigenvalue weighted by Gasteiger charge is -2.21. The van der Waals surface area contributed by atoms with E-state index >= 15 is 0 Å². The molecule has 2 saturated carbocycles. The maximum absolute atomic E-state index is 12.7. The molecule has 0 amide bonds. The SMILES string of the molecule is COc1cnn(C(C)C)c1C(=O)CC1CC2CCC1C2. The van der Waals surface area contributed by atoms with Gasteiger partial charge >= 0.3 is 0 Å². The molecule has 2 aliphatic rings. The summed E-state index contributed by atoms with van der Waals surface area (Å²) in [5.41, 5.74) is 0.658. The third kappa shape index (κ3) is 2.25. The summed E-state index contributed by atoms with van der Waals surface area (Å²) in [6.07, 6.45) is 7.61. The molecule has 3 unspecified atom stereocenters. The number of ether oxygens (including phenoxy) is 1. The van der Waals surface area contributed by atoms with Gasteiger partial charge in [0, 0.05) is 12.5 Å². The van der Waals surface area contributed by atoms with Crippen molar-refractivity contribution < 1.29 is 9.53 Å². The van der Waals surface area contributed by atoms with Gasteiger partial charge in [-0.2, -0.15) is 5.10 Å². The number of ketones is 1. The predicted molar refractivity (Wildman–Crippen MR) is 77.0 cm³/mol. The zero-order valence-electron chi connectivity index (χ0n) is 12.6. The molecule has 0 aromatic carbocycles. The third-order valence-corrected chi connectivity index (χ3v) is 5.07. The Bertz CT molecular complexity index is 507. The van der Waals surface area contributed by atoms with Gasteiger partial charge < -0.3 is 4.74 Å². The first kappa shape index (κ1) is 13.7. The summed E-state index contributed by atoms with van der Waals surface area (Å²) in [6.45, 7) is 4.08. The molecule has 0 radical (unpaired) electrons. The Kier molecular flexibility index (Phi) is 3.57. The van der Waals surface area contributed by atoms with Crippen LogP contribution in [0.15, 0.2) is 6.20 Å². The van der Waals surface area contributed by atoms with Gasteiger partial charge in [-0.3, -0.25) is 9.48 Å². The number of hydrogen-bond acceptors (Lipinski definition) is 3. The standard InChI is InChI=1S/C16H24N2O2/c1-10(2)18-16(15(20-3)9-17-18)14(19)8-13-7-11-4-5-12(13)6-11/h9-13H,4-8H2,1-3H3. The van der Waals surface area contributed by atoms with Gasteiger partial charge in [0.15, 0.2) is 11.5 Å². The zero-order chi connectivity index (χ0) is 14.3. The first-order valence-corrected chi connectivity index (χ1v) is 7.74. The highest BCUT2D eigenvalue weighted by molar-refractivity contribution is 5.97. The van der Waals surface area contributed by atoms with Crippen LogP contribution in [0.25, 0.3) is 0 Å². The quantitative estimate of drug-likeness (QED) is 0.773. The van der Waals surface area contributed by atoms with Crippen LogP contribution in [0.3, 0.4) is 0 Å². The van der Waals surface area contributed by atoms with Crippen LogP contribution in [-0.4, -0.2) is 22.7 Å². The van der Waals surface area contributed by atoms with Crippen molar-refractivity contribution in [3.63, 3.8) is 0 Å². The highest BCUT2D eigenvalue weighted by Gasteiger charge is 2.40. The first-order valence-electron chi connectivity index (χ1n) is 7.74. The highest BCUT2D eigenvalue weighted by atomic mass is 16.5. The van der Waals surface area contributed by atoms with Crippen molar-refractivity contribution >= 4 is 5.78 Å². The van der Waals surface area contributed by atoms with E-state index in [4.69, 9.17) is 4.74 Å². The lowest BCUT2D eigenvalue weighted by molar-refractivity contribution is 0.0928. The summed E-state index contributed by atoms with van der Waals surface area (Å²) in [5.74, 6) is 3.07. The molecule has 2 bridgehead atoms. The molecule has 0 aliphatic heterocycles. The van der Waals surface area contributed by atoms with Gasteiger partial charge in [0.2, 0.25) is 0 Å². The molecule has 4 heteroatoms. The van der Waals surface area contributed by atoms with Crippen molar-refractivity contribution in [2.75, 3.05) is 7.11 Å². The molecule has 2 aliphatic carbocycles. The van der Waals surface area contributed by atoms with Crippen LogP contribution in [-0.2, 0) is 0 Å². The molecule has 1 aromatic rings. The Morgan fingerprint density at radius 1 is 1.45 bits per heavy atom. The second-order valence-corrected chi connectivity index (χ2v) is 6.66. The van der Waals surface area contributed by atoms with Gasteiger partial charge in [-0.05, 0) is 50.9 Å². The minimum atomic E-state index is 0.179. The van der Waals surface area contributed by atoms with E-state index in [1.807, 2.05) is 13.8 Å². The number of carbonyl (C=O) groups is 1. The van der Waals surface area contributed by atoms with Crippen LogP contribution in [0, 0.1) is 17.8 Å². The van der Waals surface area contributed by atoms with Gasteiger partial charge in [0.05, 0.1) is 13.3 Å². The normalized spacial score (nSPS) is 28.3. The van der Waals surface area contributed by atoms with Crippen LogP contribution in [0.5, 0.6) is 5.75 Å². The van der Waals surface area contributed by atoms with Crippen LogP contribution in [0.4, 0.5) is 0 Å². The van der Waals surface area contributed by atoms with E-state index in [-0.39, 0.29) is 11.8 Å². The first-order chi connectivity index (χ1) is 9.60. The van der Waals surface area contributed by atoms with E-state index < -0.39 is 0 Å². The van der Waals surface area contributed by atoms with Crippen molar-refractivity contribution in [1.82, 2.24) is 9.78 Å². The fraction of sp³-hybridized carbons (Fsp3) is 0.750. The molecule has 0 saturated heterocycles. The van der Waals surface area contributed by atoms with Crippen LogP contribution >= 0.6 is 0 Å². The van der Waals surface area contributed by atoms with Crippen molar-refractivity contribution in [2.45, 2.75) is 52.0 Å². The number of nitrogens with zero attached hydrogens (tertiary/aromatic N) is 2.